The summed E-state index contributed by atoms with van der Waals surface area (Å²) >= 11 is 0. The zero-order valence-electron chi connectivity index (χ0n) is 23.5. The summed E-state index contributed by atoms with van der Waals surface area (Å²) in [6.45, 7) is 7.30. The summed E-state index contributed by atoms with van der Waals surface area (Å²) < 4.78 is 31.4. The first-order chi connectivity index (χ1) is 19.7. The lowest BCUT2D eigenvalue weighted by Crippen LogP contribution is -2.39. The number of hydrogen-bond acceptors (Lipinski definition) is 7. The Labute approximate surface area is 239 Å². The van der Waals surface area contributed by atoms with Crippen molar-refractivity contribution < 1.29 is 18.3 Å². The first-order valence-electron chi connectivity index (χ1n) is 14.0. The zero-order chi connectivity index (χ0) is 28.9. The fourth-order valence-corrected chi connectivity index (χ4v) is 7.95. The van der Waals surface area contributed by atoms with Gasteiger partial charge in [0.05, 0.1) is 6.42 Å². The molecule has 5 heterocycles. The molecule has 1 fully saturated rings. The molecule has 10 nitrogen and oxygen atoms in total. The average molecular weight is 575 g/mol. The van der Waals surface area contributed by atoms with Crippen LogP contribution in [0.5, 0.6) is 0 Å². The van der Waals surface area contributed by atoms with Gasteiger partial charge in [0.2, 0.25) is 10.0 Å². The second kappa shape index (κ2) is 10.5. The van der Waals surface area contributed by atoms with Gasteiger partial charge in [0, 0.05) is 50.4 Å². The van der Waals surface area contributed by atoms with Crippen LogP contribution in [-0.2, 0) is 27.8 Å². The van der Waals surface area contributed by atoms with Crippen molar-refractivity contribution in [3.8, 4) is 0 Å². The molecule has 0 unspecified atom stereocenters. The van der Waals surface area contributed by atoms with Gasteiger partial charge in [0.25, 0.3) is 0 Å². The third kappa shape index (κ3) is 4.76. The lowest BCUT2D eigenvalue weighted by molar-refractivity contribution is -0.137. The largest absolute Gasteiger partial charge is 0.481 e. The van der Waals surface area contributed by atoms with E-state index in [1.165, 1.54) is 0 Å². The van der Waals surface area contributed by atoms with Gasteiger partial charge in [0.1, 0.15) is 16.5 Å². The minimum absolute atomic E-state index is 0.0646. The van der Waals surface area contributed by atoms with Gasteiger partial charge >= 0.3 is 5.97 Å². The van der Waals surface area contributed by atoms with E-state index in [4.69, 9.17) is 0 Å². The van der Waals surface area contributed by atoms with Crippen molar-refractivity contribution in [3.05, 3.63) is 82.4 Å². The van der Waals surface area contributed by atoms with Crippen molar-refractivity contribution in [2.45, 2.75) is 69.9 Å². The molecule has 0 radical (unpaired) electrons. The molecular formula is C30H34N6O4S. The van der Waals surface area contributed by atoms with E-state index in [9.17, 15) is 18.3 Å². The minimum Gasteiger partial charge on any atom is -0.481 e. The second-order valence-electron chi connectivity index (χ2n) is 11.0. The van der Waals surface area contributed by atoms with Crippen molar-refractivity contribution in [1.82, 2.24) is 23.9 Å². The molecule has 1 saturated heterocycles. The number of anilines is 1. The van der Waals surface area contributed by atoms with E-state index in [0.717, 1.165) is 59.4 Å². The van der Waals surface area contributed by atoms with Crippen molar-refractivity contribution in [1.29, 1.82) is 0 Å². The van der Waals surface area contributed by atoms with E-state index < -0.39 is 21.9 Å². The Kier molecular flexibility index (Phi) is 7.03. The maximum absolute atomic E-state index is 13.9. The average Bonchev–Trinajstić information content (AvgIpc) is 3.58. The van der Waals surface area contributed by atoms with E-state index in [1.807, 2.05) is 55.6 Å². The molecule has 4 aromatic rings. The Morgan fingerprint density at radius 1 is 1.17 bits per heavy atom. The van der Waals surface area contributed by atoms with Gasteiger partial charge in [-0.15, -0.1) is 10.2 Å². The van der Waals surface area contributed by atoms with Crippen LogP contribution < -0.4 is 4.90 Å². The molecule has 214 valence electrons. The molecule has 11 heteroatoms. The summed E-state index contributed by atoms with van der Waals surface area (Å²) in [5, 5.41) is 18.5. The Hall–Kier alpha value is -3.83. The predicted molar refractivity (Wildman–Crippen MR) is 155 cm³/mol. The van der Waals surface area contributed by atoms with Crippen molar-refractivity contribution in [2.24, 2.45) is 0 Å². The number of aromatic nitrogens is 4. The molecule has 0 spiro atoms. The Bertz CT molecular complexity index is 1750. The van der Waals surface area contributed by atoms with E-state index >= 15 is 0 Å². The van der Waals surface area contributed by atoms with Gasteiger partial charge in [-0.2, -0.15) is 4.31 Å². The van der Waals surface area contributed by atoms with Gasteiger partial charge in [-0.05, 0) is 72.7 Å². The maximum atomic E-state index is 13.9. The van der Waals surface area contributed by atoms with Crippen LogP contribution in [0.25, 0.3) is 5.65 Å². The van der Waals surface area contributed by atoms with Crippen molar-refractivity contribution >= 4 is 27.5 Å². The Morgan fingerprint density at radius 3 is 2.78 bits per heavy atom. The summed E-state index contributed by atoms with van der Waals surface area (Å²) in [5.41, 5.74) is 5.10. The SMILES string of the molecule is CCc1nnc2c(C)c([C@H](CC(=O)O)c3ccc(C)c(CN4C[C@H]5CCCN5c5ncccc5S4(=O)=O)c3)ccn12. The van der Waals surface area contributed by atoms with E-state index in [1.54, 1.807) is 22.6 Å². The molecule has 41 heavy (non-hydrogen) atoms. The standard InChI is InChI=1S/C30H34N6O4S/c1-4-27-32-33-29-20(3)24(11-14-36(27)29)25(16-28(37)38)21-10-9-19(2)22(15-21)17-34-18-23-7-6-13-35(23)30-26(41(34,39)40)8-5-12-31-30/h5,8-12,14-15,23,25H,4,6-7,13,16-18H2,1-3H3,(H,37,38)/t23-,25-/m1/s1. The van der Waals surface area contributed by atoms with Gasteiger partial charge in [-0.25, -0.2) is 13.4 Å². The minimum atomic E-state index is -3.79. The van der Waals surface area contributed by atoms with Gasteiger partial charge in [-0.1, -0.05) is 25.1 Å². The number of fused-ring (bicyclic) bond motifs is 4. The molecule has 0 amide bonds. The summed E-state index contributed by atoms with van der Waals surface area (Å²) in [6, 6.07) is 11.2. The molecule has 2 aliphatic heterocycles. The fourth-order valence-electron chi connectivity index (χ4n) is 6.34. The number of benzene rings is 1. The molecule has 1 aromatic carbocycles. The molecule has 1 N–H and O–H groups in total. The van der Waals surface area contributed by atoms with Crippen LogP contribution in [0.3, 0.4) is 0 Å². The number of nitrogens with zero attached hydrogens (tertiary/aromatic N) is 6. The lowest BCUT2D eigenvalue weighted by atomic mass is 9.85. The fraction of sp³-hybridized carbons (Fsp3) is 0.400. The third-order valence-corrected chi connectivity index (χ3v) is 10.4. The van der Waals surface area contributed by atoms with Crippen molar-refractivity contribution in [2.75, 3.05) is 18.0 Å². The molecule has 0 saturated carbocycles. The number of pyridine rings is 2. The molecule has 2 aliphatic rings. The highest BCUT2D eigenvalue weighted by atomic mass is 32.2. The van der Waals surface area contributed by atoms with E-state index in [-0.39, 0.29) is 23.9 Å². The highest BCUT2D eigenvalue weighted by molar-refractivity contribution is 7.89. The highest BCUT2D eigenvalue weighted by Crippen LogP contribution is 2.37. The second-order valence-corrected chi connectivity index (χ2v) is 12.9. The monoisotopic (exact) mass is 574 g/mol. The van der Waals surface area contributed by atoms with E-state index in [0.29, 0.717) is 18.0 Å². The number of aliphatic carboxylic acids is 1. The number of carboxylic acids is 1. The van der Waals surface area contributed by atoms with Gasteiger partial charge in [-0.3, -0.25) is 9.20 Å². The Morgan fingerprint density at radius 2 is 2.00 bits per heavy atom. The number of hydrogen-bond donors (Lipinski definition) is 1. The number of rotatable bonds is 7. The van der Waals surface area contributed by atoms with Crippen molar-refractivity contribution in [3.63, 3.8) is 0 Å². The third-order valence-electron chi connectivity index (χ3n) is 8.56. The number of sulfonamides is 1. The van der Waals surface area contributed by atoms with Crippen LogP contribution in [0.15, 0.2) is 53.7 Å². The molecule has 0 bridgehead atoms. The summed E-state index contributed by atoms with van der Waals surface area (Å²) in [5.74, 6) is 0.0376. The van der Waals surface area contributed by atoms with Gasteiger partial charge < -0.3 is 10.0 Å². The van der Waals surface area contributed by atoms with E-state index in [2.05, 4.69) is 20.1 Å². The van der Waals surface area contributed by atoms with Crippen LogP contribution in [0.2, 0.25) is 0 Å². The molecular weight excluding hydrogens is 540 g/mol. The first-order valence-corrected chi connectivity index (χ1v) is 15.5. The predicted octanol–water partition coefficient (Wildman–Crippen LogP) is 4.08. The smallest absolute Gasteiger partial charge is 0.304 e. The highest BCUT2D eigenvalue weighted by Gasteiger charge is 2.40. The van der Waals surface area contributed by atoms with Crippen LogP contribution >= 0.6 is 0 Å². The van der Waals surface area contributed by atoms with Crippen LogP contribution in [-0.4, -0.2) is 62.5 Å². The molecule has 3 aromatic heterocycles. The molecule has 0 aliphatic carbocycles. The normalized spacial score (nSPS) is 19.1. The Balaban J connectivity index is 1.40. The molecule has 2 atom stereocenters. The quantitative estimate of drug-likeness (QED) is 0.351. The van der Waals surface area contributed by atoms with Crippen LogP contribution in [0.4, 0.5) is 5.82 Å². The van der Waals surface area contributed by atoms with Crippen LogP contribution in [0, 0.1) is 13.8 Å². The summed E-state index contributed by atoms with van der Waals surface area (Å²) in [7, 11) is -3.79. The number of carbonyl (C=O) groups is 1. The van der Waals surface area contributed by atoms with Crippen LogP contribution in [0.1, 0.15) is 65.7 Å². The zero-order valence-corrected chi connectivity index (χ0v) is 24.3. The number of aryl methyl sites for hydroxylation is 3. The summed E-state index contributed by atoms with van der Waals surface area (Å²) in [6.07, 6.45) is 6.09. The summed E-state index contributed by atoms with van der Waals surface area (Å²) in [4.78, 5) is 18.9. The maximum Gasteiger partial charge on any atom is 0.304 e. The lowest BCUT2D eigenvalue weighted by Gasteiger charge is -2.26. The number of carboxylic acid groups (broad SMARTS) is 1. The topological polar surface area (TPSA) is 121 Å². The molecule has 6 rings (SSSR count). The first kappa shape index (κ1) is 27.3. The van der Waals surface area contributed by atoms with Gasteiger partial charge in [0.15, 0.2) is 5.65 Å².